The van der Waals surface area contributed by atoms with Crippen molar-refractivity contribution >= 4 is 28.4 Å². The largest absolute Gasteiger partial charge is 0.340 e. The lowest BCUT2D eigenvalue weighted by molar-refractivity contribution is -0.132. The van der Waals surface area contributed by atoms with Crippen LogP contribution in [-0.4, -0.2) is 58.9 Å². The van der Waals surface area contributed by atoms with Gasteiger partial charge in [0.2, 0.25) is 5.91 Å². The molecule has 0 unspecified atom stereocenters. The van der Waals surface area contributed by atoms with Crippen LogP contribution in [0.15, 0.2) is 35.7 Å². The Morgan fingerprint density at radius 1 is 1.07 bits per heavy atom. The second kappa shape index (κ2) is 10.0. The van der Waals surface area contributed by atoms with E-state index < -0.39 is 0 Å². The van der Waals surface area contributed by atoms with Gasteiger partial charge in [-0.2, -0.15) is 0 Å². The number of anilines is 1. The topological polar surface area (TPSA) is 77.6 Å². The molecule has 1 saturated heterocycles. The summed E-state index contributed by atoms with van der Waals surface area (Å²) in [6, 6.07) is 10.5. The van der Waals surface area contributed by atoms with Gasteiger partial charge < -0.3 is 10.2 Å². The maximum Gasteiger partial charge on any atom is 0.321 e. The quantitative estimate of drug-likeness (QED) is 0.743. The van der Waals surface area contributed by atoms with Crippen molar-refractivity contribution in [1.29, 1.82) is 0 Å². The zero-order valence-corrected chi connectivity index (χ0v) is 18.0. The number of amides is 3. The molecule has 1 aromatic carbocycles. The molecule has 2 N–H and O–H groups in total. The monoisotopic (exact) mass is 427 g/mol. The highest BCUT2D eigenvalue weighted by molar-refractivity contribution is 7.13. The number of aromatic nitrogens is 1. The van der Waals surface area contributed by atoms with E-state index in [4.69, 9.17) is 0 Å². The molecule has 1 aliphatic carbocycles. The molecule has 2 aromatic rings. The molecule has 2 aliphatic rings. The number of nitrogens with one attached hydrogen (secondary N) is 2. The highest BCUT2D eigenvalue weighted by Crippen LogP contribution is 2.19. The van der Waals surface area contributed by atoms with Gasteiger partial charge in [0.25, 0.3) is 0 Å². The molecule has 160 valence electrons. The van der Waals surface area contributed by atoms with E-state index in [1.54, 1.807) is 0 Å². The smallest absolute Gasteiger partial charge is 0.321 e. The van der Waals surface area contributed by atoms with E-state index in [2.05, 4.69) is 44.8 Å². The molecule has 1 aliphatic heterocycles. The third kappa shape index (κ3) is 5.79. The standard InChI is InChI=1S/C22H29N5O2S/c28-20(27-12-10-26(11-13-27)15-17-6-2-1-3-7-17)14-19-16-30-22(24-19)25-21(29)23-18-8-4-5-9-18/h1-3,6-7,16,18H,4-5,8-15H2,(H2,23,24,25,29). The highest BCUT2D eigenvalue weighted by atomic mass is 32.1. The third-order valence-corrected chi connectivity index (χ3v) is 6.58. The maximum absolute atomic E-state index is 12.7. The fourth-order valence-electron chi connectivity index (χ4n) is 4.10. The lowest BCUT2D eigenvalue weighted by Crippen LogP contribution is -2.48. The van der Waals surface area contributed by atoms with Crippen LogP contribution < -0.4 is 10.6 Å². The minimum absolute atomic E-state index is 0.0987. The fourth-order valence-corrected chi connectivity index (χ4v) is 4.80. The van der Waals surface area contributed by atoms with Crippen LogP contribution in [0.3, 0.4) is 0 Å². The first kappa shape index (κ1) is 20.8. The van der Waals surface area contributed by atoms with Crippen molar-refractivity contribution in [2.45, 2.75) is 44.7 Å². The Labute approximate surface area is 181 Å². The number of carbonyl (C=O) groups is 2. The maximum atomic E-state index is 12.7. The molecule has 0 radical (unpaired) electrons. The summed E-state index contributed by atoms with van der Waals surface area (Å²) in [6.45, 7) is 4.17. The summed E-state index contributed by atoms with van der Waals surface area (Å²) in [5.41, 5.74) is 2.02. The van der Waals surface area contributed by atoms with Crippen molar-refractivity contribution in [2.75, 3.05) is 31.5 Å². The van der Waals surface area contributed by atoms with Gasteiger partial charge in [-0.15, -0.1) is 11.3 Å². The molecule has 0 atom stereocenters. The lowest BCUT2D eigenvalue weighted by atomic mass is 10.2. The number of hydrogen-bond donors (Lipinski definition) is 2. The summed E-state index contributed by atoms with van der Waals surface area (Å²) < 4.78 is 0. The number of hydrogen-bond acceptors (Lipinski definition) is 5. The summed E-state index contributed by atoms with van der Waals surface area (Å²) >= 11 is 1.36. The number of benzene rings is 1. The predicted molar refractivity (Wildman–Crippen MR) is 119 cm³/mol. The van der Waals surface area contributed by atoms with Gasteiger partial charge in [-0.1, -0.05) is 43.2 Å². The Morgan fingerprint density at radius 2 is 1.80 bits per heavy atom. The first-order valence-electron chi connectivity index (χ1n) is 10.7. The van der Waals surface area contributed by atoms with Crippen LogP contribution in [0.4, 0.5) is 9.93 Å². The first-order chi connectivity index (χ1) is 14.7. The van der Waals surface area contributed by atoms with Crippen LogP contribution >= 0.6 is 11.3 Å². The van der Waals surface area contributed by atoms with Gasteiger partial charge >= 0.3 is 6.03 Å². The Morgan fingerprint density at radius 3 is 2.53 bits per heavy atom. The molecule has 7 nitrogen and oxygen atoms in total. The Kier molecular flexibility index (Phi) is 6.96. The second-order valence-electron chi connectivity index (χ2n) is 8.04. The van der Waals surface area contributed by atoms with Gasteiger partial charge in [0, 0.05) is 44.1 Å². The lowest BCUT2D eigenvalue weighted by Gasteiger charge is -2.34. The summed E-state index contributed by atoms with van der Waals surface area (Å²) in [5.74, 6) is 0.0987. The van der Waals surface area contributed by atoms with E-state index >= 15 is 0 Å². The third-order valence-electron chi connectivity index (χ3n) is 5.77. The van der Waals surface area contributed by atoms with Gasteiger partial charge in [0.05, 0.1) is 12.1 Å². The van der Waals surface area contributed by atoms with Crippen molar-refractivity contribution < 1.29 is 9.59 Å². The number of urea groups is 1. The van der Waals surface area contributed by atoms with Crippen LogP contribution in [0.5, 0.6) is 0 Å². The molecule has 30 heavy (non-hydrogen) atoms. The number of carbonyl (C=O) groups excluding carboxylic acids is 2. The average molecular weight is 428 g/mol. The molecular formula is C22H29N5O2S. The first-order valence-corrected chi connectivity index (χ1v) is 11.6. The Bertz CT molecular complexity index is 842. The summed E-state index contributed by atoms with van der Waals surface area (Å²) in [5, 5.41) is 8.18. The van der Waals surface area contributed by atoms with E-state index in [1.807, 2.05) is 16.3 Å². The van der Waals surface area contributed by atoms with Gasteiger partial charge in [0.15, 0.2) is 5.13 Å². The average Bonchev–Trinajstić information content (AvgIpc) is 3.41. The number of thiazole rings is 1. The molecule has 1 aromatic heterocycles. The molecule has 0 spiro atoms. The van der Waals surface area contributed by atoms with Gasteiger partial charge in [-0.3, -0.25) is 15.0 Å². The Balaban J connectivity index is 1.20. The summed E-state index contributed by atoms with van der Waals surface area (Å²) in [4.78, 5) is 33.5. The van der Waals surface area contributed by atoms with Gasteiger partial charge in [-0.25, -0.2) is 9.78 Å². The van der Waals surface area contributed by atoms with Crippen LogP contribution in [0.2, 0.25) is 0 Å². The van der Waals surface area contributed by atoms with Gasteiger partial charge in [0.1, 0.15) is 0 Å². The normalized spacial score (nSPS) is 17.8. The molecule has 0 bridgehead atoms. The van der Waals surface area contributed by atoms with Crippen LogP contribution in [-0.2, 0) is 17.8 Å². The number of piperazine rings is 1. The fraction of sp³-hybridized carbons (Fsp3) is 0.500. The predicted octanol–water partition coefficient (Wildman–Crippen LogP) is 3.09. The van der Waals surface area contributed by atoms with Crippen molar-refractivity contribution in [3.63, 3.8) is 0 Å². The van der Waals surface area contributed by atoms with Crippen LogP contribution in [0.25, 0.3) is 0 Å². The molecule has 2 heterocycles. The SMILES string of the molecule is O=C(Nc1nc(CC(=O)N2CCN(Cc3ccccc3)CC2)cs1)NC1CCCC1. The zero-order valence-electron chi connectivity index (χ0n) is 17.2. The molecular weight excluding hydrogens is 398 g/mol. The second-order valence-corrected chi connectivity index (χ2v) is 8.90. The van der Waals surface area contributed by atoms with E-state index in [0.717, 1.165) is 45.6 Å². The van der Waals surface area contributed by atoms with E-state index in [1.165, 1.54) is 29.7 Å². The molecule has 2 fully saturated rings. The van der Waals surface area contributed by atoms with Crippen molar-refractivity contribution in [1.82, 2.24) is 20.1 Å². The minimum Gasteiger partial charge on any atom is -0.340 e. The summed E-state index contributed by atoms with van der Waals surface area (Å²) in [7, 11) is 0. The van der Waals surface area contributed by atoms with E-state index in [9.17, 15) is 9.59 Å². The van der Waals surface area contributed by atoms with Crippen LogP contribution in [0, 0.1) is 0 Å². The van der Waals surface area contributed by atoms with Crippen molar-refractivity contribution in [3.05, 3.63) is 47.0 Å². The highest BCUT2D eigenvalue weighted by Gasteiger charge is 2.22. The molecule has 1 saturated carbocycles. The zero-order chi connectivity index (χ0) is 20.8. The minimum atomic E-state index is -0.205. The van der Waals surface area contributed by atoms with Crippen molar-refractivity contribution in [2.24, 2.45) is 0 Å². The molecule has 4 rings (SSSR count). The van der Waals surface area contributed by atoms with Crippen LogP contribution in [0.1, 0.15) is 36.9 Å². The summed E-state index contributed by atoms with van der Waals surface area (Å²) in [6.07, 6.45) is 4.72. The Hall–Kier alpha value is -2.45. The number of nitrogens with zero attached hydrogens (tertiary/aromatic N) is 3. The van der Waals surface area contributed by atoms with E-state index in [0.29, 0.717) is 10.8 Å². The molecule has 8 heteroatoms. The van der Waals surface area contributed by atoms with Crippen molar-refractivity contribution in [3.8, 4) is 0 Å². The van der Waals surface area contributed by atoms with E-state index in [-0.39, 0.29) is 24.4 Å². The van der Waals surface area contributed by atoms with Gasteiger partial charge in [-0.05, 0) is 18.4 Å². The molecule has 3 amide bonds. The number of rotatable bonds is 6.